The minimum atomic E-state index is -4.77. The highest BCUT2D eigenvalue weighted by Crippen LogP contribution is 2.22. The van der Waals surface area contributed by atoms with Crippen LogP contribution in [-0.4, -0.2) is 36.5 Å². The summed E-state index contributed by atoms with van der Waals surface area (Å²) < 4.78 is 38.6. The van der Waals surface area contributed by atoms with Crippen molar-refractivity contribution in [3.8, 4) is 0 Å². The highest BCUT2D eigenvalue weighted by atomic mass is 19.4. The maximum absolute atomic E-state index is 11.7. The molecule has 0 spiro atoms. The van der Waals surface area contributed by atoms with E-state index in [2.05, 4.69) is 4.74 Å². The highest BCUT2D eigenvalue weighted by molar-refractivity contribution is 6.20. The predicted octanol–water partition coefficient (Wildman–Crippen LogP) is 1.75. The molecule has 1 aromatic rings. The van der Waals surface area contributed by atoms with Gasteiger partial charge in [0.15, 0.2) is 0 Å². The van der Waals surface area contributed by atoms with Gasteiger partial charge in [0.25, 0.3) is 11.8 Å². The zero-order valence-corrected chi connectivity index (χ0v) is 9.44. The zero-order chi connectivity index (χ0) is 14.0. The van der Waals surface area contributed by atoms with Gasteiger partial charge in [-0.05, 0) is 12.1 Å². The Bertz CT molecular complexity index is 480. The van der Waals surface area contributed by atoms with Crippen LogP contribution in [0.5, 0.6) is 0 Å². The number of halogens is 3. The van der Waals surface area contributed by atoms with Crippen molar-refractivity contribution in [2.24, 2.45) is 0 Å². The number of benzene rings is 1. The lowest BCUT2D eigenvalue weighted by Gasteiger charge is -2.13. The minimum absolute atomic E-state index is 0.157. The van der Waals surface area contributed by atoms with E-state index in [0.29, 0.717) is 5.06 Å². The van der Waals surface area contributed by atoms with Crippen LogP contribution in [0.15, 0.2) is 24.3 Å². The maximum Gasteiger partial charge on any atom is 0.522 e. The van der Waals surface area contributed by atoms with E-state index in [-0.39, 0.29) is 11.1 Å². The summed E-state index contributed by atoms with van der Waals surface area (Å²) in [5, 5.41) is 0.435. The van der Waals surface area contributed by atoms with E-state index in [0.717, 1.165) is 0 Å². The predicted molar refractivity (Wildman–Crippen MR) is 54.9 cm³/mol. The summed E-state index contributed by atoms with van der Waals surface area (Å²) >= 11 is 0. The van der Waals surface area contributed by atoms with Crippen LogP contribution in [0.25, 0.3) is 0 Å². The molecule has 1 aliphatic rings. The number of rotatable bonds is 4. The Morgan fingerprint density at radius 1 is 1.00 bits per heavy atom. The van der Waals surface area contributed by atoms with Gasteiger partial charge in [0.05, 0.1) is 24.3 Å². The Kier molecular flexibility index (Phi) is 3.54. The number of ether oxygens (including phenoxy) is 1. The van der Waals surface area contributed by atoms with E-state index < -0.39 is 31.4 Å². The average molecular weight is 275 g/mol. The number of hydrogen-bond donors (Lipinski definition) is 0. The first-order chi connectivity index (χ1) is 8.90. The Morgan fingerprint density at radius 3 is 2.00 bits per heavy atom. The first kappa shape index (κ1) is 13.5. The molecule has 1 aliphatic heterocycles. The molecule has 102 valence electrons. The molecule has 0 saturated heterocycles. The molecule has 2 amide bonds. The quantitative estimate of drug-likeness (QED) is 0.620. The maximum atomic E-state index is 11.7. The molecule has 2 rings (SSSR count). The Morgan fingerprint density at radius 2 is 1.53 bits per heavy atom. The van der Waals surface area contributed by atoms with Gasteiger partial charge >= 0.3 is 6.36 Å². The molecule has 0 N–H and O–H groups in total. The van der Waals surface area contributed by atoms with Crippen LogP contribution >= 0.6 is 0 Å². The molecule has 1 heterocycles. The second kappa shape index (κ2) is 4.98. The minimum Gasteiger partial charge on any atom is -0.289 e. The van der Waals surface area contributed by atoms with Crippen molar-refractivity contribution in [3.63, 3.8) is 0 Å². The molecule has 19 heavy (non-hydrogen) atoms. The first-order valence-electron chi connectivity index (χ1n) is 5.21. The van der Waals surface area contributed by atoms with Gasteiger partial charge in [-0.3, -0.25) is 19.2 Å². The zero-order valence-electron chi connectivity index (χ0n) is 9.44. The summed E-state index contributed by atoms with van der Waals surface area (Å²) in [5.74, 6) is -1.40. The topological polar surface area (TPSA) is 55.8 Å². The van der Waals surface area contributed by atoms with Gasteiger partial charge < -0.3 is 0 Å². The van der Waals surface area contributed by atoms with E-state index in [1.165, 1.54) is 12.1 Å². The van der Waals surface area contributed by atoms with E-state index in [9.17, 15) is 22.8 Å². The molecule has 5 nitrogen and oxygen atoms in total. The third-order valence-corrected chi connectivity index (χ3v) is 2.33. The third-order valence-electron chi connectivity index (χ3n) is 2.33. The number of carbonyl (C=O) groups excluding carboxylic acids is 2. The van der Waals surface area contributed by atoms with Gasteiger partial charge in [0.2, 0.25) is 0 Å². The molecule has 1 aromatic carbocycles. The van der Waals surface area contributed by atoms with E-state index in [4.69, 9.17) is 4.84 Å². The van der Waals surface area contributed by atoms with Crippen LogP contribution in [0.4, 0.5) is 13.2 Å². The summed E-state index contributed by atoms with van der Waals surface area (Å²) in [6.45, 7) is -1.37. The fourth-order valence-electron chi connectivity index (χ4n) is 1.57. The molecule has 0 bridgehead atoms. The van der Waals surface area contributed by atoms with E-state index in [1.54, 1.807) is 12.1 Å². The summed E-state index contributed by atoms with van der Waals surface area (Å²) in [6.07, 6.45) is -4.77. The van der Waals surface area contributed by atoms with Crippen molar-refractivity contribution in [1.29, 1.82) is 0 Å². The lowest BCUT2D eigenvalue weighted by atomic mass is 10.1. The molecule has 0 saturated carbocycles. The Labute approximate surface area is 105 Å². The first-order valence-corrected chi connectivity index (χ1v) is 5.21. The SMILES string of the molecule is O=C1c2ccccc2C(=O)N1OCCOC(F)(F)F. The monoisotopic (exact) mass is 275 g/mol. The summed E-state index contributed by atoms with van der Waals surface area (Å²) in [5.41, 5.74) is 0.313. The molecule has 0 fully saturated rings. The fourth-order valence-corrected chi connectivity index (χ4v) is 1.57. The fraction of sp³-hybridized carbons (Fsp3) is 0.273. The molecular weight excluding hydrogens is 267 g/mol. The van der Waals surface area contributed by atoms with Gasteiger partial charge in [0.1, 0.15) is 0 Å². The number of carbonyl (C=O) groups is 2. The van der Waals surface area contributed by atoms with Gasteiger partial charge in [0, 0.05) is 0 Å². The Balaban J connectivity index is 1.94. The number of imide groups is 1. The van der Waals surface area contributed by atoms with Crippen molar-refractivity contribution in [3.05, 3.63) is 35.4 Å². The van der Waals surface area contributed by atoms with Gasteiger partial charge in [-0.15, -0.1) is 18.2 Å². The highest BCUT2D eigenvalue weighted by Gasteiger charge is 2.36. The molecule has 0 aliphatic carbocycles. The van der Waals surface area contributed by atoms with Crippen LogP contribution in [0, 0.1) is 0 Å². The van der Waals surface area contributed by atoms with Crippen LogP contribution in [0.2, 0.25) is 0 Å². The van der Waals surface area contributed by atoms with Crippen LogP contribution in [0.1, 0.15) is 20.7 Å². The molecule has 0 atom stereocenters. The number of alkyl halides is 3. The Hall–Kier alpha value is -1.93. The summed E-state index contributed by atoms with van der Waals surface area (Å²) in [7, 11) is 0. The largest absolute Gasteiger partial charge is 0.522 e. The van der Waals surface area contributed by atoms with Crippen molar-refractivity contribution < 1.29 is 32.3 Å². The van der Waals surface area contributed by atoms with E-state index >= 15 is 0 Å². The van der Waals surface area contributed by atoms with Crippen LogP contribution in [-0.2, 0) is 9.57 Å². The molecule has 8 heteroatoms. The smallest absolute Gasteiger partial charge is 0.289 e. The lowest BCUT2D eigenvalue weighted by molar-refractivity contribution is -0.329. The average Bonchev–Trinajstić information content (AvgIpc) is 2.58. The normalized spacial score (nSPS) is 15.0. The van der Waals surface area contributed by atoms with Crippen molar-refractivity contribution in [2.75, 3.05) is 13.2 Å². The molecule has 0 radical (unpaired) electrons. The third kappa shape index (κ3) is 2.91. The number of fused-ring (bicyclic) bond motifs is 1. The van der Waals surface area contributed by atoms with Crippen molar-refractivity contribution in [2.45, 2.75) is 6.36 Å². The number of hydrogen-bond acceptors (Lipinski definition) is 4. The number of amides is 2. The summed E-state index contributed by atoms with van der Waals surface area (Å²) in [4.78, 5) is 28.1. The van der Waals surface area contributed by atoms with Gasteiger partial charge in [-0.1, -0.05) is 12.1 Å². The number of hydroxylamine groups is 2. The van der Waals surface area contributed by atoms with E-state index in [1.807, 2.05) is 0 Å². The summed E-state index contributed by atoms with van der Waals surface area (Å²) in [6, 6.07) is 6.01. The number of nitrogens with zero attached hydrogens (tertiary/aromatic N) is 1. The molecule has 0 aromatic heterocycles. The second-order valence-electron chi connectivity index (χ2n) is 3.58. The van der Waals surface area contributed by atoms with Crippen molar-refractivity contribution >= 4 is 11.8 Å². The van der Waals surface area contributed by atoms with Gasteiger partial charge in [-0.2, -0.15) is 0 Å². The molecular formula is C11H8F3NO4. The molecule has 0 unspecified atom stereocenters. The van der Waals surface area contributed by atoms with Crippen LogP contribution < -0.4 is 0 Å². The second-order valence-corrected chi connectivity index (χ2v) is 3.58. The van der Waals surface area contributed by atoms with Crippen molar-refractivity contribution in [1.82, 2.24) is 5.06 Å². The van der Waals surface area contributed by atoms with Crippen LogP contribution in [0.3, 0.4) is 0 Å². The standard InChI is InChI=1S/C11H8F3NO4/c12-11(13,14)18-5-6-19-15-9(16)7-3-1-2-4-8(7)10(15)17/h1-4H,5-6H2. The lowest BCUT2D eigenvalue weighted by Crippen LogP contribution is -2.32. The van der Waals surface area contributed by atoms with Gasteiger partial charge in [-0.25, -0.2) is 0 Å².